The summed E-state index contributed by atoms with van der Waals surface area (Å²) in [5.74, 6) is 0. The van der Waals surface area contributed by atoms with Crippen LogP contribution in [0.15, 0.2) is 114 Å². The van der Waals surface area contributed by atoms with Crippen LogP contribution in [0.25, 0.3) is 43.8 Å². The second-order valence-electron chi connectivity index (χ2n) is 7.49. The monoisotopic (exact) mass is 385 g/mol. The average Bonchev–Trinajstić information content (AvgIpc) is 3.20. The molecule has 6 rings (SSSR count). The molecule has 0 radical (unpaired) electrons. The quantitative estimate of drug-likeness (QED) is 0.332. The van der Waals surface area contributed by atoms with Crippen molar-refractivity contribution in [1.29, 1.82) is 0 Å². The lowest BCUT2D eigenvalue weighted by molar-refractivity contribution is 0.674. The molecule has 0 fully saturated rings. The van der Waals surface area contributed by atoms with E-state index in [1.54, 1.807) is 0 Å². The molecule has 0 saturated carbocycles. The zero-order valence-electron chi connectivity index (χ0n) is 16.3. The standard InChI is InChI=1S/C28H19NO/c1-3-10-19(11-4-1)24-18-25-23-16-9-17-26(29-20-12-5-2-6-13-20)28(23)30-27(25)22-15-8-7-14-21(22)24/h1-18,29H. The Labute approximate surface area is 174 Å². The van der Waals surface area contributed by atoms with E-state index < -0.39 is 0 Å². The van der Waals surface area contributed by atoms with Crippen molar-refractivity contribution in [2.45, 2.75) is 0 Å². The summed E-state index contributed by atoms with van der Waals surface area (Å²) < 4.78 is 6.50. The van der Waals surface area contributed by atoms with Gasteiger partial charge in [-0.2, -0.15) is 0 Å². The van der Waals surface area contributed by atoms with E-state index in [1.165, 1.54) is 16.5 Å². The number of hydrogen-bond acceptors (Lipinski definition) is 2. The average molecular weight is 385 g/mol. The molecule has 0 aliphatic heterocycles. The van der Waals surface area contributed by atoms with Crippen molar-refractivity contribution < 1.29 is 4.42 Å². The molecule has 0 bridgehead atoms. The Bertz CT molecular complexity index is 1500. The third-order valence-electron chi connectivity index (χ3n) is 5.64. The molecule has 2 heteroatoms. The zero-order chi connectivity index (χ0) is 19.9. The van der Waals surface area contributed by atoms with Gasteiger partial charge in [-0.3, -0.25) is 0 Å². The molecule has 0 aliphatic rings. The lowest BCUT2D eigenvalue weighted by Crippen LogP contribution is -1.89. The summed E-state index contributed by atoms with van der Waals surface area (Å²) in [7, 11) is 0. The Morgan fingerprint density at radius 2 is 1.13 bits per heavy atom. The second-order valence-corrected chi connectivity index (χ2v) is 7.49. The fourth-order valence-corrected chi connectivity index (χ4v) is 4.25. The molecule has 5 aromatic carbocycles. The highest BCUT2D eigenvalue weighted by atomic mass is 16.3. The zero-order valence-corrected chi connectivity index (χ0v) is 16.3. The maximum atomic E-state index is 6.50. The van der Waals surface area contributed by atoms with Gasteiger partial charge in [-0.1, -0.05) is 84.9 Å². The SMILES string of the molecule is c1ccc(Nc2cccc3c2oc2c4ccccc4c(-c4ccccc4)cc32)cc1. The molecule has 0 aliphatic carbocycles. The van der Waals surface area contributed by atoms with E-state index in [2.05, 4.69) is 96.3 Å². The highest BCUT2D eigenvalue weighted by molar-refractivity contribution is 6.20. The highest BCUT2D eigenvalue weighted by Crippen LogP contribution is 2.41. The largest absolute Gasteiger partial charge is 0.453 e. The number of rotatable bonds is 3. The Balaban J connectivity index is 1.66. The molecule has 142 valence electrons. The van der Waals surface area contributed by atoms with Gasteiger partial charge < -0.3 is 9.73 Å². The molecule has 1 heterocycles. The van der Waals surface area contributed by atoms with Crippen molar-refractivity contribution in [3.63, 3.8) is 0 Å². The van der Waals surface area contributed by atoms with Gasteiger partial charge in [-0.25, -0.2) is 0 Å². The van der Waals surface area contributed by atoms with Crippen molar-refractivity contribution in [3.05, 3.63) is 109 Å². The van der Waals surface area contributed by atoms with E-state index >= 15 is 0 Å². The Kier molecular flexibility index (Phi) is 3.82. The first-order valence-corrected chi connectivity index (χ1v) is 10.1. The van der Waals surface area contributed by atoms with Crippen molar-refractivity contribution >= 4 is 44.1 Å². The van der Waals surface area contributed by atoms with E-state index in [1.807, 2.05) is 18.2 Å². The van der Waals surface area contributed by atoms with E-state index in [0.29, 0.717) is 0 Å². The molecule has 1 aromatic heterocycles. The van der Waals surface area contributed by atoms with Crippen LogP contribution in [-0.4, -0.2) is 0 Å². The second kappa shape index (κ2) is 6.78. The summed E-state index contributed by atoms with van der Waals surface area (Å²) in [5.41, 5.74) is 6.26. The van der Waals surface area contributed by atoms with Crippen LogP contribution >= 0.6 is 0 Å². The summed E-state index contributed by atoms with van der Waals surface area (Å²) in [4.78, 5) is 0. The van der Waals surface area contributed by atoms with Gasteiger partial charge in [-0.05, 0) is 40.8 Å². The summed E-state index contributed by atoms with van der Waals surface area (Å²) >= 11 is 0. The smallest absolute Gasteiger partial charge is 0.158 e. The predicted octanol–water partition coefficient (Wildman–Crippen LogP) is 8.15. The number of para-hydroxylation sites is 2. The maximum absolute atomic E-state index is 6.50. The van der Waals surface area contributed by atoms with E-state index in [-0.39, 0.29) is 0 Å². The van der Waals surface area contributed by atoms with Crippen LogP contribution in [0.1, 0.15) is 0 Å². The highest BCUT2D eigenvalue weighted by Gasteiger charge is 2.16. The van der Waals surface area contributed by atoms with Crippen LogP contribution in [0.4, 0.5) is 11.4 Å². The van der Waals surface area contributed by atoms with Crippen molar-refractivity contribution in [3.8, 4) is 11.1 Å². The molecule has 0 spiro atoms. The predicted molar refractivity (Wildman–Crippen MR) is 126 cm³/mol. The van der Waals surface area contributed by atoms with E-state index in [9.17, 15) is 0 Å². The number of benzene rings is 5. The third-order valence-corrected chi connectivity index (χ3v) is 5.64. The minimum atomic E-state index is 0.881. The van der Waals surface area contributed by atoms with Gasteiger partial charge in [0.25, 0.3) is 0 Å². The van der Waals surface area contributed by atoms with Crippen LogP contribution in [0.5, 0.6) is 0 Å². The van der Waals surface area contributed by atoms with Crippen LogP contribution in [-0.2, 0) is 0 Å². The first kappa shape index (κ1) is 16.9. The summed E-state index contributed by atoms with van der Waals surface area (Å²) in [5, 5.41) is 8.10. The Hall–Kier alpha value is -4.04. The van der Waals surface area contributed by atoms with Gasteiger partial charge in [0.1, 0.15) is 5.58 Å². The minimum Gasteiger partial charge on any atom is -0.453 e. The van der Waals surface area contributed by atoms with Crippen LogP contribution < -0.4 is 5.32 Å². The molecule has 0 saturated heterocycles. The van der Waals surface area contributed by atoms with Crippen LogP contribution in [0, 0.1) is 0 Å². The van der Waals surface area contributed by atoms with Gasteiger partial charge in [0, 0.05) is 21.8 Å². The number of fused-ring (bicyclic) bond motifs is 5. The van der Waals surface area contributed by atoms with Crippen molar-refractivity contribution in [2.24, 2.45) is 0 Å². The topological polar surface area (TPSA) is 25.2 Å². The van der Waals surface area contributed by atoms with Crippen LogP contribution in [0.3, 0.4) is 0 Å². The van der Waals surface area contributed by atoms with E-state index in [4.69, 9.17) is 4.42 Å². The van der Waals surface area contributed by atoms with Gasteiger partial charge in [0.05, 0.1) is 5.69 Å². The molecule has 1 N–H and O–H groups in total. The molecule has 0 amide bonds. The Morgan fingerprint density at radius 3 is 1.93 bits per heavy atom. The van der Waals surface area contributed by atoms with Gasteiger partial charge in [0.2, 0.25) is 0 Å². The molecule has 30 heavy (non-hydrogen) atoms. The van der Waals surface area contributed by atoms with E-state index in [0.717, 1.165) is 38.7 Å². The fraction of sp³-hybridized carbons (Fsp3) is 0. The Morgan fingerprint density at radius 1 is 0.500 bits per heavy atom. The lowest BCUT2D eigenvalue weighted by Gasteiger charge is -2.08. The van der Waals surface area contributed by atoms with Gasteiger partial charge >= 0.3 is 0 Å². The van der Waals surface area contributed by atoms with Gasteiger partial charge in [0.15, 0.2) is 5.58 Å². The molecule has 2 nitrogen and oxygen atoms in total. The van der Waals surface area contributed by atoms with Crippen LogP contribution in [0.2, 0.25) is 0 Å². The molecular formula is C28H19NO. The number of nitrogens with one attached hydrogen (secondary N) is 1. The number of hydrogen-bond donors (Lipinski definition) is 1. The number of furan rings is 1. The fourth-order valence-electron chi connectivity index (χ4n) is 4.25. The maximum Gasteiger partial charge on any atom is 0.158 e. The molecule has 0 unspecified atom stereocenters. The number of anilines is 2. The normalized spacial score (nSPS) is 11.3. The first-order chi connectivity index (χ1) is 14.9. The molecule has 0 atom stereocenters. The first-order valence-electron chi connectivity index (χ1n) is 10.1. The van der Waals surface area contributed by atoms with Crippen molar-refractivity contribution in [2.75, 3.05) is 5.32 Å². The minimum absolute atomic E-state index is 0.881. The van der Waals surface area contributed by atoms with Gasteiger partial charge in [-0.15, -0.1) is 0 Å². The lowest BCUT2D eigenvalue weighted by atomic mass is 9.95. The van der Waals surface area contributed by atoms with Crippen molar-refractivity contribution in [1.82, 2.24) is 0 Å². The molecule has 6 aromatic rings. The molecular weight excluding hydrogens is 366 g/mol. The summed E-state index contributed by atoms with van der Waals surface area (Å²) in [6.45, 7) is 0. The summed E-state index contributed by atoms with van der Waals surface area (Å²) in [6.07, 6.45) is 0. The third kappa shape index (κ3) is 2.66. The summed E-state index contributed by atoms with van der Waals surface area (Å²) in [6, 6.07) is 37.8.